The van der Waals surface area contributed by atoms with Crippen LogP contribution in [0.25, 0.3) is 0 Å². The molecule has 0 saturated carbocycles. The molecule has 12 heteroatoms. The van der Waals surface area contributed by atoms with Gasteiger partial charge in [0.25, 0.3) is 11.6 Å². The maximum absolute atomic E-state index is 14.1. The summed E-state index contributed by atoms with van der Waals surface area (Å²) < 4.78 is 59.2. The molecule has 0 radical (unpaired) electrons. The zero-order chi connectivity index (χ0) is 23.6. The molecule has 8 nitrogen and oxygen atoms in total. The Hall–Kier alpha value is -3.96. The number of carbonyl (C=O) groups is 1. The maximum Gasteiger partial charge on any atom is 0.416 e. The molecule has 1 N–H and O–H groups in total. The molecular weight excluding hydrogens is 436 g/mol. The van der Waals surface area contributed by atoms with Crippen LogP contribution in [0.2, 0.25) is 0 Å². The number of hydrogen-bond acceptors (Lipinski definition) is 5. The normalized spacial score (nSPS) is 11.3. The molecule has 1 heterocycles. The average molecular weight is 452 g/mol. The van der Waals surface area contributed by atoms with Gasteiger partial charge in [-0.05, 0) is 30.7 Å². The van der Waals surface area contributed by atoms with E-state index in [2.05, 4.69) is 10.4 Å². The number of aryl methyl sites for hydroxylation is 1. The minimum atomic E-state index is -4.50. The van der Waals surface area contributed by atoms with E-state index >= 15 is 0 Å². The summed E-state index contributed by atoms with van der Waals surface area (Å²) in [5.74, 6) is -1.94. The Kier molecular flexibility index (Phi) is 6.14. The Morgan fingerprint density at radius 2 is 1.97 bits per heavy atom. The van der Waals surface area contributed by atoms with Crippen LogP contribution >= 0.6 is 0 Å². The number of nitrogens with zero attached hydrogens (tertiary/aromatic N) is 3. The van der Waals surface area contributed by atoms with Crippen molar-refractivity contribution in [3.63, 3.8) is 0 Å². The number of halogens is 4. The van der Waals surface area contributed by atoms with Crippen molar-refractivity contribution >= 4 is 11.6 Å². The number of alkyl halides is 3. The third kappa shape index (κ3) is 4.85. The van der Waals surface area contributed by atoms with Crippen molar-refractivity contribution in [1.82, 2.24) is 15.1 Å². The SMILES string of the molecule is Cc1c(C(=O)NCc2cccc(C(F)(F)F)c2)nn(C)c1Oc1ccc([N+](=O)[O-])cc1F. The van der Waals surface area contributed by atoms with Gasteiger partial charge in [-0.2, -0.15) is 18.3 Å². The summed E-state index contributed by atoms with van der Waals surface area (Å²) in [5, 5.41) is 17.2. The number of nitro benzene ring substituents is 1. The van der Waals surface area contributed by atoms with E-state index in [0.29, 0.717) is 6.07 Å². The van der Waals surface area contributed by atoms with Gasteiger partial charge in [-0.25, -0.2) is 9.07 Å². The zero-order valence-corrected chi connectivity index (χ0v) is 16.7. The molecule has 0 aliphatic heterocycles. The molecule has 0 aliphatic rings. The maximum atomic E-state index is 14.1. The van der Waals surface area contributed by atoms with Crippen molar-refractivity contribution in [2.75, 3.05) is 0 Å². The van der Waals surface area contributed by atoms with Gasteiger partial charge in [-0.15, -0.1) is 0 Å². The largest absolute Gasteiger partial charge is 0.436 e. The van der Waals surface area contributed by atoms with Gasteiger partial charge in [-0.1, -0.05) is 12.1 Å². The third-order valence-corrected chi connectivity index (χ3v) is 4.48. The average Bonchev–Trinajstić information content (AvgIpc) is 3.01. The molecule has 2 aromatic carbocycles. The number of non-ortho nitro benzene ring substituents is 1. The van der Waals surface area contributed by atoms with Crippen molar-refractivity contribution in [2.24, 2.45) is 7.05 Å². The number of carbonyl (C=O) groups excluding carboxylic acids is 1. The first-order chi connectivity index (χ1) is 15.0. The minimum absolute atomic E-state index is 0.0157. The predicted octanol–water partition coefficient (Wildman–Crippen LogP) is 4.52. The quantitative estimate of drug-likeness (QED) is 0.337. The summed E-state index contributed by atoms with van der Waals surface area (Å²) >= 11 is 0. The molecule has 1 aromatic heterocycles. The molecule has 0 unspecified atom stereocenters. The van der Waals surface area contributed by atoms with E-state index in [9.17, 15) is 32.5 Å². The number of nitrogens with one attached hydrogen (secondary N) is 1. The van der Waals surface area contributed by atoms with Gasteiger partial charge < -0.3 is 10.1 Å². The zero-order valence-electron chi connectivity index (χ0n) is 16.7. The summed E-state index contributed by atoms with van der Waals surface area (Å²) in [6.07, 6.45) is -4.50. The standard InChI is InChI=1S/C20H16F4N4O4/c1-11-17(18(29)25-10-12-4-3-5-13(8-12)20(22,23)24)26-27(2)19(11)32-16-7-6-14(28(30)31)9-15(16)21/h3-9H,10H2,1-2H3,(H,25,29). The van der Waals surface area contributed by atoms with Gasteiger partial charge in [0.2, 0.25) is 5.88 Å². The van der Waals surface area contributed by atoms with Crippen LogP contribution in [0, 0.1) is 22.9 Å². The number of aromatic nitrogens is 2. The Labute approximate surface area is 178 Å². The van der Waals surface area contributed by atoms with E-state index in [1.54, 1.807) is 0 Å². The van der Waals surface area contributed by atoms with Crippen LogP contribution in [0.15, 0.2) is 42.5 Å². The molecule has 32 heavy (non-hydrogen) atoms. The fraction of sp³-hybridized carbons (Fsp3) is 0.200. The molecule has 0 aliphatic carbocycles. The molecule has 0 saturated heterocycles. The van der Waals surface area contributed by atoms with Crippen molar-refractivity contribution < 1.29 is 32.0 Å². The molecule has 168 valence electrons. The van der Waals surface area contributed by atoms with Crippen molar-refractivity contribution in [1.29, 1.82) is 0 Å². The van der Waals surface area contributed by atoms with E-state index in [-0.39, 0.29) is 35.0 Å². The van der Waals surface area contributed by atoms with Crippen LogP contribution in [0.5, 0.6) is 11.6 Å². The van der Waals surface area contributed by atoms with E-state index in [1.165, 1.54) is 30.8 Å². The Morgan fingerprint density at radius 1 is 1.25 bits per heavy atom. The van der Waals surface area contributed by atoms with Gasteiger partial charge in [-0.3, -0.25) is 14.9 Å². The van der Waals surface area contributed by atoms with Crippen LogP contribution in [-0.4, -0.2) is 20.6 Å². The van der Waals surface area contributed by atoms with Crippen LogP contribution in [-0.2, 0) is 19.8 Å². The Morgan fingerprint density at radius 3 is 2.59 bits per heavy atom. The highest BCUT2D eigenvalue weighted by molar-refractivity contribution is 5.94. The third-order valence-electron chi connectivity index (χ3n) is 4.48. The second-order valence-corrected chi connectivity index (χ2v) is 6.76. The van der Waals surface area contributed by atoms with Gasteiger partial charge >= 0.3 is 6.18 Å². The molecular formula is C20H16F4N4O4. The predicted molar refractivity (Wildman–Crippen MR) is 104 cm³/mol. The number of nitro groups is 1. The number of rotatable bonds is 6. The first-order valence-corrected chi connectivity index (χ1v) is 9.07. The molecule has 3 aromatic rings. The fourth-order valence-corrected chi connectivity index (χ4v) is 2.89. The lowest BCUT2D eigenvalue weighted by atomic mass is 10.1. The first kappa shape index (κ1) is 22.7. The van der Waals surface area contributed by atoms with Gasteiger partial charge in [0, 0.05) is 25.2 Å². The highest BCUT2D eigenvalue weighted by Gasteiger charge is 2.30. The highest BCUT2D eigenvalue weighted by Crippen LogP contribution is 2.31. The van der Waals surface area contributed by atoms with Crippen molar-refractivity contribution in [2.45, 2.75) is 19.6 Å². The van der Waals surface area contributed by atoms with Gasteiger partial charge in [0.05, 0.1) is 16.6 Å². The van der Waals surface area contributed by atoms with E-state index in [1.807, 2.05) is 0 Å². The van der Waals surface area contributed by atoms with Crippen LogP contribution in [0.4, 0.5) is 23.2 Å². The molecule has 0 atom stereocenters. The second kappa shape index (κ2) is 8.65. The lowest BCUT2D eigenvalue weighted by molar-refractivity contribution is -0.385. The minimum Gasteiger partial charge on any atom is -0.436 e. The summed E-state index contributed by atoms with van der Waals surface area (Å²) in [6, 6.07) is 7.37. The summed E-state index contributed by atoms with van der Waals surface area (Å²) in [5.41, 5.74) is -0.875. The number of hydrogen-bond donors (Lipinski definition) is 1. The molecule has 1 amide bonds. The summed E-state index contributed by atoms with van der Waals surface area (Å²) in [4.78, 5) is 22.5. The van der Waals surface area contributed by atoms with Crippen LogP contribution in [0.3, 0.4) is 0 Å². The van der Waals surface area contributed by atoms with Crippen molar-refractivity contribution in [3.8, 4) is 11.6 Å². The van der Waals surface area contributed by atoms with E-state index in [0.717, 1.165) is 24.3 Å². The lowest BCUT2D eigenvalue weighted by Gasteiger charge is -2.09. The monoisotopic (exact) mass is 452 g/mol. The second-order valence-electron chi connectivity index (χ2n) is 6.76. The van der Waals surface area contributed by atoms with Gasteiger partial charge in [0.1, 0.15) is 0 Å². The first-order valence-electron chi connectivity index (χ1n) is 9.07. The Bertz CT molecular complexity index is 1190. The lowest BCUT2D eigenvalue weighted by Crippen LogP contribution is -2.24. The highest BCUT2D eigenvalue weighted by atomic mass is 19.4. The summed E-state index contributed by atoms with van der Waals surface area (Å²) in [6.45, 7) is 1.32. The smallest absolute Gasteiger partial charge is 0.416 e. The molecule has 0 fully saturated rings. The van der Waals surface area contributed by atoms with Gasteiger partial charge in [0.15, 0.2) is 17.3 Å². The van der Waals surface area contributed by atoms with Crippen LogP contribution < -0.4 is 10.1 Å². The van der Waals surface area contributed by atoms with Crippen LogP contribution in [0.1, 0.15) is 27.2 Å². The van der Waals surface area contributed by atoms with E-state index in [4.69, 9.17) is 4.74 Å². The molecule has 0 spiro atoms. The Balaban J connectivity index is 1.76. The molecule has 0 bridgehead atoms. The number of benzene rings is 2. The number of amides is 1. The molecule has 3 rings (SSSR count). The topological polar surface area (TPSA) is 99.3 Å². The van der Waals surface area contributed by atoms with Crippen molar-refractivity contribution in [3.05, 3.63) is 80.8 Å². The number of ether oxygens (including phenoxy) is 1. The van der Waals surface area contributed by atoms with E-state index < -0.39 is 34.1 Å². The fourth-order valence-electron chi connectivity index (χ4n) is 2.89. The summed E-state index contributed by atoms with van der Waals surface area (Å²) in [7, 11) is 1.44.